The monoisotopic (exact) mass is 636 g/mol. The van der Waals surface area contributed by atoms with Crippen molar-refractivity contribution in [3.63, 3.8) is 0 Å². The third-order valence-corrected chi connectivity index (χ3v) is 6.67. The number of carbonyl (C=O) groups excluding carboxylic acids is 5. The Morgan fingerprint density at radius 3 is 2.04 bits per heavy atom. The SMILES string of the molecule is C[C@H](NC(=O)[C@H](CC(=O)NCC(C)(C)C)NC(=O)c1ccc(C(=O)Nc2ccccc2N)cc1)C(=O)NCc1ccc(F)cc1F. The fourth-order valence-corrected chi connectivity index (χ4v) is 4.03. The van der Waals surface area contributed by atoms with Crippen LogP contribution in [0, 0.1) is 17.0 Å². The van der Waals surface area contributed by atoms with Crippen molar-refractivity contribution in [2.24, 2.45) is 5.41 Å². The molecule has 3 aromatic rings. The number of amides is 5. The fraction of sp³-hybridized carbons (Fsp3) is 0.303. The first-order valence-electron chi connectivity index (χ1n) is 14.5. The molecule has 0 aromatic heterocycles. The van der Waals surface area contributed by atoms with E-state index in [4.69, 9.17) is 5.73 Å². The number of hydrogen-bond acceptors (Lipinski definition) is 6. The van der Waals surface area contributed by atoms with Crippen molar-refractivity contribution < 1.29 is 32.8 Å². The molecule has 3 aromatic carbocycles. The minimum absolute atomic E-state index is 0.0432. The van der Waals surface area contributed by atoms with E-state index in [0.717, 1.165) is 6.07 Å². The Balaban J connectivity index is 1.67. The van der Waals surface area contributed by atoms with Crippen LogP contribution in [0.3, 0.4) is 0 Å². The summed E-state index contributed by atoms with van der Waals surface area (Å²) in [7, 11) is 0. The predicted molar refractivity (Wildman–Crippen MR) is 169 cm³/mol. The summed E-state index contributed by atoms with van der Waals surface area (Å²) in [6.45, 7) is 7.17. The highest BCUT2D eigenvalue weighted by molar-refractivity contribution is 6.06. The summed E-state index contributed by atoms with van der Waals surface area (Å²) in [5.41, 5.74) is 6.84. The van der Waals surface area contributed by atoms with Gasteiger partial charge in [0, 0.05) is 35.8 Å². The van der Waals surface area contributed by atoms with E-state index in [1.807, 2.05) is 20.8 Å². The summed E-state index contributed by atoms with van der Waals surface area (Å²) in [5.74, 6) is -4.75. The van der Waals surface area contributed by atoms with Crippen LogP contribution in [0.15, 0.2) is 66.7 Å². The maximum absolute atomic E-state index is 13.9. The molecular weight excluding hydrogens is 598 g/mol. The summed E-state index contributed by atoms with van der Waals surface area (Å²) in [4.78, 5) is 64.3. The Bertz CT molecular complexity index is 1590. The van der Waals surface area contributed by atoms with Crippen molar-refractivity contribution in [3.05, 3.63) is 95.1 Å². The average molecular weight is 637 g/mol. The quantitative estimate of drug-likeness (QED) is 0.167. The second kappa shape index (κ2) is 15.6. The van der Waals surface area contributed by atoms with Gasteiger partial charge in [-0.1, -0.05) is 39.0 Å². The molecule has 5 amide bonds. The maximum Gasteiger partial charge on any atom is 0.255 e. The van der Waals surface area contributed by atoms with Crippen LogP contribution in [0.5, 0.6) is 0 Å². The van der Waals surface area contributed by atoms with Crippen molar-refractivity contribution in [1.82, 2.24) is 21.3 Å². The van der Waals surface area contributed by atoms with E-state index in [1.54, 1.807) is 24.3 Å². The Hall–Kier alpha value is -5.33. The van der Waals surface area contributed by atoms with Gasteiger partial charge in [-0.05, 0) is 54.8 Å². The largest absolute Gasteiger partial charge is 0.397 e. The van der Waals surface area contributed by atoms with E-state index in [0.29, 0.717) is 24.0 Å². The van der Waals surface area contributed by atoms with Gasteiger partial charge >= 0.3 is 0 Å². The molecule has 0 spiro atoms. The van der Waals surface area contributed by atoms with Crippen LogP contribution < -0.4 is 32.3 Å². The number of benzene rings is 3. The Kier molecular flexibility index (Phi) is 11.9. The highest BCUT2D eigenvalue weighted by atomic mass is 19.1. The smallest absolute Gasteiger partial charge is 0.255 e. The van der Waals surface area contributed by atoms with Gasteiger partial charge in [0.05, 0.1) is 17.8 Å². The lowest BCUT2D eigenvalue weighted by Crippen LogP contribution is -2.54. The number of hydrogen-bond donors (Lipinski definition) is 6. The van der Waals surface area contributed by atoms with Gasteiger partial charge in [0.2, 0.25) is 17.7 Å². The van der Waals surface area contributed by atoms with E-state index in [1.165, 1.54) is 37.3 Å². The predicted octanol–water partition coefficient (Wildman–Crippen LogP) is 3.27. The van der Waals surface area contributed by atoms with Crippen LogP contribution >= 0.6 is 0 Å². The maximum atomic E-state index is 13.9. The number of nitrogen functional groups attached to an aromatic ring is 1. The van der Waals surface area contributed by atoms with Crippen LogP contribution in [0.25, 0.3) is 0 Å². The van der Waals surface area contributed by atoms with Crippen molar-refractivity contribution in [1.29, 1.82) is 0 Å². The minimum atomic E-state index is -1.37. The first-order chi connectivity index (χ1) is 21.6. The molecule has 0 aliphatic carbocycles. The number of rotatable bonds is 12. The van der Waals surface area contributed by atoms with Gasteiger partial charge < -0.3 is 32.3 Å². The molecule has 0 saturated heterocycles. The molecule has 0 unspecified atom stereocenters. The molecule has 13 heteroatoms. The number of nitrogens with two attached hydrogens (primary N) is 1. The molecular formula is C33H38F2N6O5. The molecule has 46 heavy (non-hydrogen) atoms. The first-order valence-corrected chi connectivity index (χ1v) is 14.5. The standard InChI is InChI=1S/C33H38F2N6O5/c1-19(29(43)37-17-22-13-14-23(34)15-24(22)35)39-32(46)27(16-28(42)38-18-33(2,3)4)41-31(45)21-11-9-20(10-12-21)30(44)40-26-8-6-5-7-25(26)36/h5-15,19,27H,16-18,36H2,1-4H3,(H,37,43)(H,38,42)(H,39,46)(H,40,44)(H,41,45)/t19-,27-/m0/s1. The molecule has 2 atom stereocenters. The average Bonchev–Trinajstić information content (AvgIpc) is 2.99. The van der Waals surface area contributed by atoms with E-state index in [2.05, 4.69) is 26.6 Å². The Labute approximate surface area is 265 Å². The van der Waals surface area contributed by atoms with Crippen LogP contribution in [-0.2, 0) is 20.9 Å². The third kappa shape index (κ3) is 10.7. The van der Waals surface area contributed by atoms with Gasteiger partial charge in [-0.25, -0.2) is 8.78 Å². The summed E-state index contributed by atoms with van der Waals surface area (Å²) in [6.07, 6.45) is -0.429. The molecule has 11 nitrogen and oxygen atoms in total. The summed E-state index contributed by atoms with van der Waals surface area (Å²) in [5, 5.41) is 12.9. The van der Waals surface area contributed by atoms with Gasteiger partial charge in [-0.2, -0.15) is 0 Å². The lowest BCUT2D eigenvalue weighted by Gasteiger charge is -2.23. The van der Waals surface area contributed by atoms with Gasteiger partial charge in [-0.3, -0.25) is 24.0 Å². The first kappa shape index (κ1) is 35.2. The Morgan fingerprint density at radius 2 is 1.43 bits per heavy atom. The molecule has 0 aliphatic rings. The molecule has 0 heterocycles. The molecule has 0 fully saturated rings. The lowest BCUT2D eigenvalue weighted by molar-refractivity contribution is -0.131. The van der Waals surface area contributed by atoms with Crippen LogP contribution in [0.1, 0.15) is 60.4 Å². The summed E-state index contributed by atoms with van der Waals surface area (Å²) < 4.78 is 27.1. The normalized spacial score (nSPS) is 12.3. The molecule has 3 rings (SSSR count). The molecule has 7 N–H and O–H groups in total. The summed E-state index contributed by atoms with van der Waals surface area (Å²) in [6, 6.07) is 12.8. The van der Waals surface area contributed by atoms with Crippen molar-refractivity contribution in [2.45, 2.75) is 52.7 Å². The summed E-state index contributed by atoms with van der Waals surface area (Å²) >= 11 is 0. The molecule has 244 valence electrons. The van der Waals surface area contributed by atoms with Crippen LogP contribution in [0.4, 0.5) is 20.2 Å². The van der Waals surface area contributed by atoms with Gasteiger partial charge in [0.25, 0.3) is 11.8 Å². The van der Waals surface area contributed by atoms with Gasteiger partial charge in [-0.15, -0.1) is 0 Å². The van der Waals surface area contributed by atoms with Gasteiger partial charge in [0.1, 0.15) is 23.7 Å². The fourth-order valence-electron chi connectivity index (χ4n) is 4.03. The van der Waals surface area contributed by atoms with E-state index in [9.17, 15) is 32.8 Å². The van der Waals surface area contributed by atoms with E-state index >= 15 is 0 Å². The number of nitrogens with one attached hydrogen (secondary N) is 5. The van der Waals surface area contributed by atoms with E-state index < -0.39 is 59.7 Å². The van der Waals surface area contributed by atoms with Crippen molar-refractivity contribution >= 4 is 40.9 Å². The molecule has 0 saturated carbocycles. The molecule has 0 radical (unpaired) electrons. The zero-order chi connectivity index (χ0) is 34.0. The van der Waals surface area contributed by atoms with Crippen LogP contribution in [0.2, 0.25) is 0 Å². The van der Waals surface area contributed by atoms with Crippen molar-refractivity contribution in [2.75, 3.05) is 17.6 Å². The second-order valence-corrected chi connectivity index (χ2v) is 11.9. The minimum Gasteiger partial charge on any atom is -0.397 e. The molecule has 0 aliphatic heterocycles. The van der Waals surface area contributed by atoms with E-state index in [-0.39, 0.29) is 28.7 Å². The Morgan fingerprint density at radius 1 is 0.804 bits per heavy atom. The highest BCUT2D eigenvalue weighted by Crippen LogP contribution is 2.18. The zero-order valence-electron chi connectivity index (χ0n) is 26.0. The number of halogens is 2. The lowest BCUT2D eigenvalue weighted by atomic mass is 9.97. The number of carbonyl (C=O) groups is 5. The third-order valence-electron chi connectivity index (χ3n) is 6.67. The topological polar surface area (TPSA) is 172 Å². The second-order valence-electron chi connectivity index (χ2n) is 11.9. The number of anilines is 2. The van der Waals surface area contributed by atoms with Crippen molar-refractivity contribution in [3.8, 4) is 0 Å². The number of para-hydroxylation sites is 2. The molecule has 0 bridgehead atoms. The van der Waals surface area contributed by atoms with Gasteiger partial charge in [0.15, 0.2) is 0 Å². The van der Waals surface area contributed by atoms with Crippen LogP contribution in [-0.4, -0.2) is 48.2 Å². The highest BCUT2D eigenvalue weighted by Gasteiger charge is 2.28. The zero-order valence-corrected chi connectivity index (χ0v) is 26.0.